The molecule has 1 aromatic carbocycles. The van der Waals surface area contributed by atoms with Crippen LogP contribution in [0.15, 0.2) is 29.3 Å². The van der Waals surface area contributed by atoms with Crippen molar-refractivity contribution in [2.75, 3.05) is 26.3 Å². The van der Waals surface area contributed by atoms with Crippen LogP contribution in [0.5, 0.6) is 0 Å². The van der Waals surface area contributed by atoms with Crippen molar-refractivity contribution in [1.29, 1.82) is 5.26 Å². The normalized spacial score (nSPS) is 10.6. The largest absolute Gasteiger partial charge is 0.382 e. The lowest BCUT2D eigenvalue weighted by atomic mass is 10.1. The summed E-state index contributed by atoms with van der Waals surface area (Å²) < 4.78 is 5.32. The molecule has 5 nitrogen and oxygen atoms in total. The number of benzene rings is 1. The second kappa shape index (κ2) is 14.3. The lowest BCUT2D eigenvalue weighted by Gasteiger charge is -2.11. The maximum absolute atomic E-state index is 8.78. The van der Waals surface area contributed by atoms with Crippen molar-refractivity contribution >= 4 is 29.9 Å². The van der Waals surface area contributed by atoms with E-state index in [0.29, 0.717) is 12.1 Å². The average molecular weight is 430 g/mol. The molecule has 0 unspecified atom stereocenters. The molecule has 0 atom stereocenters. The van der Waals surface area contributed by atoms with Gasteiger partial charge in [0.05, 0.1) is 18.2 Å². The van der Waals surface area contributed by atoms with E-state index in [1.54, 1.807) is 0 Å². The smallest absolute Gasteiger partial charge is 0.191 e. The number of aliphatic imine (C=N–C) groups is 1. The summed E-state index contributed by atoms with van der Waals surface area (Å²) in [5.41, 5.74) is 1.76. The molecule has 0 aliphatic carbocycles. The van der Waals surface area contributed by atoms with Crippen LogP contribution >= 0.6 is 24.0 Å². The van der Waals surface area contributed by atoms with Crippen molar-refractivity contribution in [3.05, 3.63) is 35.4 Å². The van der Waals surface area contributed by atoms with E-state index in [4.69, 9.17) is 10.00 Å². The second-order valence-corrected chi connectivity index (χ2v) is 4.83. The third-order valence-electron chi connectivity index (χ3n) is 3.06. The highest BCUT2D eigenvalue weighted by molar-refractivity contribution is 14.0. The standard InChI is InChI=1S/C17H26N4O.HI/c1-3-19-17(20-11-5-6-12-22-4-2)21-14-16-9-7-15(13-18)8-10-16;/h7-10H,3-6,11-12,14H2,1-2H3,(H2,19,20,21);1H. The number of ether oxygens (including phenoxy) is 1. The minimum Gasteiger partial charge on any atom is -0.382 e. The van der Waals surface area contributed by atoms with Crippen LogP contribution in [0.1, 0.15) is 37.8 Å². The summed E-state index contributed by atoms with van der Waals surface area (Å²) in [6, 6.07) is 9.63. The molecule has 0 aliphatic heterocycles. The first-order chi connectivity index (χ1) is 10.8. The van der Waals surface area contributed by atoms with Gasteiger partial charge >= 0.3 is 0 Å². The molecular formula is C17H27IN4O. The molecule has 23 heavy (non-hydrogen) atoms. The summed E-state index contributed by atoms with van der Waals surface area (Å²) in [5, 5.41) is 15.3. The quantitative estimate of drug-likeness (QED) is 0.274. The van der Waals surface area contributed by atoms with E-state index in [2.05, 4.69) is 21.7 Å². The molecule has 6 heteroatoms. The highest BCUT2D eigenvalue weighted by Crippen LogP contribution is 2.04. The number of halogens is 1. The Bertz CT molecular complexity index is 482. The molecule has 0 saturated heterocycles. The monoisotopic (exact) mass is 430 g/mol. The number of nitrogens with zero attached hydrogens (tertiary/aromatic N) is 2. The van der Waals surface area contributed by atoms with E-state index >= 15 is 0 Å². The first-order valence-corrected chi connectivity index (χ1v) is 7.89. The van der Waals surface area contributed by atoms with Crippen LogP contribution < -0.4 is 10.6 Å². The van der Waals surface area contributed by atoms with Gasteiger partial charge in [0.1, 0.15) is 0 Å². The molecule has 0 heterocycles. The van der Waals surface area contributed by atoms with Gasteiger partial charge in [0.2, 0.25) is 0 Å². The Morgan fingerprint density at radius 2 is 1.91 bits per heavy atom. The predicted octanol–water partition coefficient (Wildman–Crippen LogP) is 3.05. The maximum atomic E-state index is 8.78. The van der Waals surface area contributed by atoms with Crippen LogP contribution in [0.4, 0.5) is 0 Å². The Hall–Kier alpha value is -1.33. The molecule has 0 saturated carbocycles. The van der Waals surface area contributed by atoms with E-state index in [0.717, 1.165) is 50.7 Å². The zero-order valence-corrected chi connectivity index (χ0v) is 16.3. The number of nitriles is 1. The minimum atomic E-state index is 0. The molecule has 0 aliphatic rings. The summed E-state index contributed by atoms with van der Waals surface area (Å²) in [5.74, 6) is 0.822. The van der Waals surface area contributed by atoms with Gasteiger partial charge in [-0.3, -0.25) is 0 Å². The van der Waals surface area contributed by atoms with E-state index in [1.165, 1.54) is 0 Å². The summed E-state index contributed by atoms with van der Waals surface area (Å²) in [6.45, 7) is 7.97. The molecule has 0 radical (unpaired) electrons. The van der Waals surface area contributed by atoms with Crippen molar-refractivity contribution < 1.29 is 4.74 Å². The molecule has 0 fully saturated rings. The summed E-state index contributed by atoms with van der Waals surface area (Å²) in [4.78, 5) is 4.55. The van der Waals surface area contributed by atoms with E-state index in [1.807, 2.05) is 38.1 Å². The topological polar surface area (TPSA) is 69.4 Å². The van der Waals surface area contributed by atoms with Gasteiger partial charge in [-0.1, -0.05) is 12.1 Å². The van der Waals surface area contributed by atoms with Crippen LogP contribution in [0.3, 0.4) is 0 Å². The first kappa shape index (κ1) is 21.7. The second-order valence-electron chi connectivity index (χ2n) is 4.83. The number of hydrogen-bond acceptors (Lipinski definition) is 3. The van der Waals surface area contributed by atoms with Gasteiger partial charge < -0.3 is 15.4 Å². The minimum absolute atomic E-state index is 0. The van der Waals surface area contributed by atoms with E-state index in [9.17, 15) is 0 Å². The number of guanidine groups is 1. The van der Waals surface area contributed by atoms with Gasteiger partial charge in [0.15, 0.2) is 5.96 Å². The number of unbranched alkanes of at least 4 members (excludes halogenated alkanes) is 1. The van der Waals surface area contributed by atoms with Crippen LogP contribution in [0.2, 0.25) is 0 Å². The highest BCUT2D eigenvalue weighted by atomic mass is 127. The highest BCUT2D eigenvalue weighted by Gasteiger charge is 1.98. The van der Waals surface area contributed by atoms with Gasteiger partial charge in [-0.2, -0.15) is 5.26 Å². The van der Waals surface area contributed by atoms with Crippen molar-refractivity contribution in [3.8, 4) is 6.07 Å². The first-order valence-electron chi connectivity index (χ1n) is 7.89. The summed E-state index contributed by atoms with van der Waals surface area (Å²) >= 11 is 0. The summed E-state index contributed by atoms with van der Waals surface area (Å²) in [7, 11) is 0. The molecule has 128 valence electrons. The molecule has 1 aromatic rings. The number of rotatable bonds is 9. The zero-order valence-electron chi connectivity index (χ0n) is 14.0. The fraction of sp³-hybridized carbons (Fsp3) is 0.529. The molecule has 0 aromatic heterocycles. The van der Waals surface area contributed by atoms with Gasteiger partial charge in [0, 0.05) is 26.3 Å². The zero-order chi connectivity index (χ0) is 16.0. The van der Waals surface area contributed by atoms with Gasteiger partial charge in [-0.25, -0.2) is 4.99 Å². The lowest BCUT2D eigenvalue weighted by molar-refractivity contribution is 0.143. The Kier molecular flexibility index (Phi) is 13.4. The maximum Gasteiger partial charge on any atom is 0.191 e. The molecule has 1 rings (SSSR count). The fourth-order valence-electron chi connectivity index (χ4n) is 1.88. The van der Waals surface area contributed by atoms with Crippen molar-refractivity contribution in [1.82, 2.24) is 10.6 Å². The van der Waals surface area contributed by atoms with Crippen LogP contribution in [0.25, 0.3) is 0 Å². The third kappa shape index (κ3) is 10.1. The summed E-state index contributed by atoms with van der Waals surface area (Å²) in [6.07, 6.45) is 2.11. The lowest BCUT2D eigenvalue weighted by Crippen LogP contribution is -2.37. The van der Waals surface area contributed by atoms with Crippen molar-refractivity contribution in [2.45, 2.75) is 33.2 Å². The predicted molar refractivity (Wildman–Crippen MR) is 105 cm³/mol. The van der Waals surface area contributed by atoms with Crippen LogP contribution in [-0.4, -0.2) is 32.3 Å². The molecule has 0 spiro atoms. The van der Waals surface area contributed by atoms with Crippen molar-refractivity contribution in [2.24, 2.45) is 4.99 Å². The fourth-order valence-corrected chi connectivity index (χ4v) is 1.88. The SMILES string of the molecule is CCNC(=NCc1ccc(C#N)cc1)NCCCCOCC.I. The Morgan fingerprint density at radius 1 is 1.17 bits per heavy atom. The third-order valence-corrected chi connectivity index (χ3v) is 3.06. The molecule has 0 bridgehead atoms. The van der Waals surface area contributed by atoms with Crippen molar-refractivity contribution in [3.63, 3.8) is 0 Å². The van der Waals surface area contributed by atoms with E-state index in [-0.39, 0.29) is 24.0 Å². The van der Waals surface area contributed by atoms with E-state index < -0.39 is 0 Å². The number of nitrogens with one attached hydrogen (secondary N) is 2. The number of hydrogen-bond donors (Lipinski definition) is 2. The van der Waals surface area contributed by atoms with Gasteiger partial charge in [-0.05, 0) is 44.4 Å². The van der Waals surface area contributed by atoms with Gasteiger partial charge in [0.25, 0.3) is 0 Å². The molecular weight excluding hydrogens is 403 g/mol. The Balaban J connectivity index is 0.00000484. The Labute approximate surface area is 156 Å². The van der Waals surface area contributed by atoms with Crippen LogP contribution in [-0.2, 0) is 11.3 Å². The van der Waals surface area contributed by atoms with Crippen LogP contribution in [0, 0.1) is 11.3 Å². The molecule has 0 amide bonds. The average Bonchev–Trinajstić information content (AvgIpc) is 2.56. The Morgan fingerprint density at radius 3 is 2.52 bits per heavy atom. The van der Waals surface area contributed by atoms with Gasteiger partial charge in [-0.15, -0.1) is 24.0 Å². The molecule has 2 N–H and O–H groups in total.